The van der Waals surface area contributed by atoms with Crippen LogP contribution in [0.25, 0.3) is 6.08 Å². The van der Waals surface area contributed by atoms with E-state index in [1.807, 2.05) is 61.5 Å². The second-order valence-electron chi connectivity index (χ2n) is 6.45. The van der Waals surface area contributed by atoms with Gasteiger partial charge in [-0.3, -0.25) is 4.79 Å². The maximum atomic E-state index is 12.5. The van der Waals surface area contributed by atoms with Gasteiger partial charge in [0.05, 0.1) is 0 Å². The SMILES string of the molecule is Cc1cccc(NC(=O)/C(C#N)=C/c2ccccc2OCc2cccc(Cl)c2)c1. The van der Waals surface area contributed by atoms with E-state index < -0.39 is 5.91 Å². The number of hydrogen-bond acceptors (Lipinski definition) is 3. The molecule has 0 aliphatic rings. The molecule has 0 spiro atoms. The highest BCUT2D eigenvalue weighted by molar-refractivity contribution is 6.30. The number of nitriles is 1. The summed E-state index contributed by atoms with van der Waals surface area (Å²) >= 11 is 6.01. The first kappa shape index (κ1) is 20.2. The van der Waals surface area contributed by atoms with Crippen LogP contribution in [0, 0.1) is 18.3 Å². The lowest BCUT2D eigenvalue weighted by Gasteiger charge is -2.10. The Bertz CT molecular complexity index is 1100. The molecule has 5 heteroatoms. The van der Waals surface area contributed by atoms with Gasteiger partial charge in [-0.2, -0.15) is 5.26 Å². The molecule has 3 aromatic carbocycles. The normalized spacial score (nSPS) is 10.9. The number of benzene rings is 3. The van der Waals surface area contributed by atoms with E-state index in [1.54, 1.807) is 24.3 Å². The first-order valence-corrected chi connectivity index (χ1v) is 9.39. The third-order valence-electron chi connectivity index (χ3n) is 4.14. The molecule has 0 heterocycles. The van der Waals surface area contributed by atoms with Gasteiger partial charge < -0.3 is 10.1 Å². The molecule has 4 nitrogen and oxygen atoms in total. The lowest BCUT2D eigenvalue weighted by atomic mass is 10.1. The number of halogens is 1. The maximum Gasteiger partial charge on any atom is 0.266 e. The number of carbonyl (C=O) groups excluding carboxylic acids is 1. The quantitative estimate of drug-likeness (QED) is 0.420. The molecule has 1 N–H and O–H groups in total. The highest BCUT2D eigenvalue weighted by Crippen LogP contribution is 2.23. The maximum absolute atomic E-state index is 12.5. The van der Waals surface area contributed by atoms with Crippen LogP contribution in [-0.2, 0) is 11.4 Å². The third-order valence-corrected chi connectivity index (χ3v) is 4.38. The molecule has 0 aliphatic heterocycles. The topological polar surface area (TPSA) is 62.1 Å². The van der Waals surface area contributed by atoms with Crippen molar-refractivity contribution in [3.05, 3.63) is 100 Å². The summed E-state index contributed by atoms with van der Waals surface area (Å²) < 4.78 is 5.89. The summed E-state index contributed by atoms with van der Waals surface area (Å²) in [5, 5.41) is 12.9. The molecule has 0 atom stereocenters. The van der Waals surface area contributed by atoms with Crippen molar-refractivity contribution in [1.82, 2.24) is 0 Å². The Morgan fingerprint density at radius 1 is 1.10 bits per heavy atom. The summed E-state index contributed by atoms with van der Waals surface area (Å²) in [6.45, 7) is 2.26. The summed E-state index contributed by atoms with van der Waals surface area (Å²) in [6, 6.07) is 24.0. The smallest absolute Gasteiger partial charge is 0.266 e. The van der Waals surface area contributed by atoms with Crippen molar-refractivity contribution in [1.29, 1.82) is 5.26 Å². The third kappa shape index (κ3) is 5.71. The summed E-state index contributed by atoms with van der Waals surface area (Å²) in [5.41, 5.74) is 3.22. The van der Waals surface area contributed by atoms with Gasteiger partial charge >= 0.3 is 0 Å². The van der Waals surface area contributed by atoms with Crippen LogP contribution in [0.15, 0.2) is 78.4 Å². The van der Waals surface area contributed by atoms with Gasteiger partial charge in [0.1, 0.15) is 24.0 Å². The Morgan fingerprint density at radius 2 is 1.90 bits per heavy atom. The number of carbonyl (C=O) groups is 1. The van der Waals surface area contributed by atoms with E-state index in [9.17, 15) is 10.1 Å². The van der Waals surface area contributed by atoms with Crippen LogP contribution >= 0.6 is 11.6 Å². The van der Waals surface area contributed by atoms with Gasteiger partial charge in [-0.15, -0.1) is 0 Å². The molecule has 0 fully saturated rings. The van der Waals surface area contributed by atoms with E-state index in [2.05, 4.69) is 5.32 Å². The molecule has 3 rings (SSSR count). The highest BCUT2D eigenvalue weighted by atomic mass is 35.5. The zero-order valence-corrected chi connectivity index (χ0v) is 16.6. The number of nitrogens with zero attached hydrogens (tertiary/aromatic N) is 1. The number of amides is 1. The van der Waals surface area contributed by atoms with Gasteiger partial charge in [-0.25, -0.2) is 0 Å². The summed E-state index contributed by atoms with van der Waals surface area (Å²) in [5.74, 6) is 0.103. The molecule has 1 amide bonds. The summed E-state index contributed by atoms with van der Waals surface area (Å²) in [7, 11) is 0. The molecule has 0 aliphatic carbocycles. The number of hydrogen-bond donors (Lipinski definition) is 1. The molecule has 29 heavy (non-hydrogen) atoms. The van der Waals surface area contributed by atoms with E-state index in [0.717, 1.165) is 11.1 Å². The Morgan fingerprint density at radius 3 is 2.66 bits per heavy atom. The number of ether oxygens (including phenoxy) is 1. The largest absolute Gasteiger partial charge is 0.488 e. The molecular weight excluding hydrogens is 384 g/mol. The molecular formula is C24H19ClN2O2. The summed E-state index contributed by atoms with van der Waals surface area (Å²) in [6.07, 6.45) is 1.53. The van der Waals surface area contributed by atoms with Crippen molar-refractivity contribution in [2.24, 2.45) is 0 Å². The van der Waals surface area contributed by atoms with E-state index in [4.69, 9.17) is 16.3 Å². The molecule has 0 unspecified atom stereocenters. The fourth-order valence-corrected chi connectivity index (χ4v) is 2.96. The Balaban J connectivity index is 1.78. The van der Waals surface area contributed by atoms with Crippen molar-refractivity contribution in [3.8, 4) is 11.8 Å². The predicted molar refractivity (Wildman–Crippen MR) is 116 cm³/mol. The summed E-state index contributed by atoms with van der Waals surface area (Å²) in [4.78, 5) is 12.5. The molecule has 0 radical (unpaired) electrons. The molecule has 3 aromatic rings. The zero-order chi connectivity index (χ0) is 20.6. The van der Waals surface area contributed by atoms with Crippen LogP contribution < -0.4 is 10.1 Å². The average molecular weight is 403 g/mol. The van der Waals surface area contributed by atoms with Gasteiger partial charge in [0, 0.05) is 16.3 Å². The molecule has 144 valence electrons. The fourth-order valence-electron chi connectivity index (χ4n) is 2.74. The van der Waals surface area contributed by atoms with Crippen molar-refractivity contribution >= 4 is 29.3 Å². The number of anilines is 1. The standard InChI is InChI=1S/C24H19ClN2O2/c1-17-6-4-10-22(12-17)27-24(28)20(15-26)14-19-8-2-3-11-23(19)29-16-18-7-5-9-21(25)13-18/h2-14H,16H2,1H3,(H,27,28)/b20-14+. The zero-order valence-electron chi connectivity index (χ0n) is 15.9. The van der Waals surface area contributed by atoms with Crippen molar-refractivity contribution < 1.29 is 9.53 Å². The van der Waals surface area contributed by atoms with Crippen molar-refractivity contribution in [2.75, 3.05) is 5.32 Å². The predicted octanol–water partition coefficient (Wildman–Crippen LogP) is 5.77. The number of rotatable bonds is 6. The van der Waals surface area contributed by atoms with E-state index >= 15 is 0 Å². The highest BCUT2D eigenvalue weighted by Gasteiger charge is 2.11. The van der Waals surface area contributed by atoms with Crippen LogP contribution in [0.3, 0.4) is 0 Å². The Labute approximate surface area is 175 Å². The lowest BCUT2D eigenvalue weighted by molar-refractivity contribution is -0.112. The lowest BCUT2D eigenvalue weighted by Crippen LogP contribution is -2.13. The fraction of sp³-hybridized carbons (Fsp3) is 0.0833. The Hall–Kier alpha value is -3.55. The first-order valence-electron chi connectivity index (χ1n) is 9.01. The molecule has 0 bridgehead atoms. The molecule has 0 saturated carbocycles. The van der Waals surface area contributed by atoms with Gasteiger partial charge in [-0.1, -0.05) is 54.1 Å². The number of aryl methyl sites for hydroxylation is 1. The van der Waals surface area contributed by atoms with Crippen LogP contribution in [-0.4, -0.2) is 5.91 Å². The first-order chi connectivity index (χ1) is 14.0. The number of nitrogens with one attached hydrogen (secondary N) is 1. The minimum absolute atomic E-state index is 0.00897. The van der Waals surface area contributed by atoms with Gasteiger partial charge in [0.25, 0.3) is 5.91 Å². The monoisotopic (exact) mass is 402 g/mol. The van der Waals surface area contributed by atoms with Crippen molar-refractivity contribution in [3.63, 3.8) is 0 Å². The van der Waals surface area contributed by atoms with Crippen LogP contribution in [0.2, 0.25) is 5.02 Å². The Kier molecular flexibility index (Phi) is 6.67. The van der Waals surface area contributed by atoms with Crippen LogP contribution in [0.5, 0.6) is 5.75 Å². The van der Waals surface area contributed by atoms with E-state index in [1.165, 1.54) is 6.08 Å². The van der Waals surface area contributed by atoms with Crippen LogP contribution in [0.4, 0.5) is 5.69 Å². The number of para-hydroxylation sites is 1. The van der Waals surface area contributed by atoms with Crippen molar-refractivity contribution in [2.45, 2.75) is 13.5 Å². The van der Waals surface area contributed by atoms with E-state index in [-0.39, 0.29) is 5.57 Å². The molecule has 0 saturated heterocycles. The van der Waals surface area contributed by atoms with E-state index in [0.29, 0.717) is 28.6 Å². The average Bonchev–Trinajstić information content (AvgIpc) is 2.71. The minimum atomic E-state index is -0.470. The van der Waals surface area contributed by atoms with Crippen LogP contribution in [0.1, 0.15) is 16.7 Å². The van der Waals surface area contributed by atoms with Gasteiger partial charge in [0.15, 0.2) is 0 Å². The second-order valence-corrected chi connectivity index (χ2v) is 6.89. The minimum Gasteiger partial charge on any atom is -0.488 e. The second kappa shape index (κ2) is 9.59. The van der Waals surface area contributed by atoms with Gasteiger partial charge in [-0.05, 0) is 54.5 Å². The molecule has 0 aromatic heterocycles. The van der Waals surface area contributed by atoms with Gasteiger partial charge in [0.2, 0.25) is 0 Å².